The summed E-state index contributed by atoms with van der Waals surface area (Å²) in [7, 11) is 0. The largest absolute Gasteiger partial charge is 0.316 e. The van der Waals surface area contributed by atoms with E-state index in [-0.39, 0.29) is 0 Å². The summed E-state index contributed by atoms with van der Waals surface area (Å²) in [5, 5.41) is 3.48. The van der Waals surface area contributed by atoms with E-state index >= 15 is 0 Å². The van der Waals surface area contributed by atoms with Crippen LogP contribution in [-0.4, -0.2) is 13.1 Å². The molecule has 3 heteroatoms. The molecule has 2 unspecified atom stereocenters. The third-order valence-corrected chi connectivity index (χ3v) is 4.13. The average Bonchev–Trinajstić information content (AvgIpc) is 2.82. The molecule has 0 aliphatic heterocycles. The smallest absolute Gasteiger partial charge is 0.159 e. The highest BCUT2D eigenvalue weighted by atomic mass is 19.2. The van der Waals surface area contributed by atoms with Gasteiger partial charge in [0.1, 0.15) is 0 Å². The Morgan fingerprint density at radius 2 is 1.95 bits per heavy atom. The summed E-state index contributed by atoms with van der Waals surface area (Å²) in [6, 6.07) is 4.31. The zero-order chi connectivity index (χ0) is 13.7. The molecule has 106 valence electrons. The first-order chi connectivity index (χ1) is 9.20. The van der Waals surface area contributed by atoms with Crippen LogP contribution in [0.25, 0.3) is 0 Å². The molecule has 0 bridgehead atoms. The van der Waals surface area contributed by atoms with E-state index in [1.165, 1.54) is 31.4 Å². The van der Waals surface area contributed by atoms with Gasteiger partial charge in [0.25, 0.3) is 0 Å². The van der Waals surface area contributed by atoms with Crippen molar-refractivity contribution < 1.29 is 8.78 Å². The lowest BCUT2D eigenvalue weighted by Crippen LogP contribution is -2.26. The van der Waals surface area contributed by atoms with Crippen LogP contribution < -0.4 is 5.32 Å². The van der Waals surface area contributed by atoms with Gasteiger partial charge in [-0.05, 0) is 68.3 Å². The van der Waals surface area contributed by atoms with E-state index in [0.717, 1.165) is 31.5 Å². The highest BCUT2D eigenvalue weighted by Crippen LogP contribution is 2.34. The molecule has 0 spiro atoms. The molecule has 1 aromatic carbocycles. The lowest BCUT2D eigenvalue weighted by Gasteiger charge is -2.20. The highest BCUT2D eigenvalue weighted by Gasteiger charge is 2.27. The predicted octanol–water partition coefficient (Wildman–Crippen LogP) is 3.92. The predicted molar refractivity (Wildman–Crippen MR) is 74.1 cm³/mol. The van der Waals surface area contributed by atoms with Gasteiger partial charge in [-0.3, -0.25) is 0 Å². The minimum atomic E-state index is -0.753. The first kappa shape index (κ1) is 14.4. The van der Waals surface area contributed by atoms with Gasteiger partial charge in [-0.1, -0.05) is 19.4 Å². The van der Waals surface area contributed by atoms with Crippen molar-refractivity contribution in [3.05, 3.63) is 35.4 Å². The molecule has 1 nitrogen and oxygen atoms in total. The number of benzene rings is 1. The second-order valence-electron chi connectivity index (χ2n) is 5.61. The monoisotopic (exact) mass is 267 g/mol. The number of hydrogen-bond donors (Lipinski definition) is 1. The highest BCUT2D eigenvalue weighted by molar-refractivity contribution is 5.18. The molecule has 0 radical (unpaired) electrons. The lowest BCUT2D eigenvalue weighted by atomic mass is 9.89. The fourth-order valence-corrected chi connectivity index (χ4v) is 3.08. The maximum atomic E-state index is 13.2. The van der Waals surface area contributed by atoms with Gasteiger partial charge in [0, 0.05) is 0 Å². The fourth-order valence-electron chi connectivity index (χ4n) is 3.08. The second-order valence-corrected chi connectivity index (χ2v) is 5.61. The Hall–Kier alpha value is -0.960. The molecule has 2 atom stereocenters. The van der Waals surface area contributed by atoms with Crippen LogP contribution in [0.3, 0.4) is 0 Å². The first-order valence-corrected chi connectivity index (χ1v) is 7.35. The number of nitrogens with one attached hydrogen (secondary N) is 1. The molecule has 1 fully saturated rings. The normalized spacial score (nSPS) is 22.9. The van der Waals surface area contributed by atoms with Gasteiger partial charge in [-0.15, -0.1) is 0 Å². The molecular weight excluding hydrogens is 244 g/mol. The maximum absolute atomic E-state index is 13.2. The van der Waals surface area contributed by atoms with Crippen LogP contribution in [0.4, 0.5) is 8.78 Å². The van der Waals surface area contributed by atoms with Crippen molar-refractivity contribution in [1.29, 1.82) is 0 Å². The fraction of sp³-hybridized carbons (Fsp3) is 0.625. The Bertz CT molecular complexity index is 406. The minimum Gasteiger partial charge on any atom is -0.316 e. The summed E-state index contributed by atoms with van der Waals surface area (Å²) in [5.41, 5.74) is 0.922. The van der Waals surface area contributed by atoms with Crippen LogP contribution in [0.2, 0.25) is 0 Å². The van der Waals surface area contributed by atoms with Gasteiger partial charge in [-0.2, -0.15) is 0 Å². The van der Waals surface area contributed by atoms with Crippen molar-refractivity contribution in [2.75, 3.05) is 13.1 Å². The van der Waals surface area contributed by atoms with E-state index in [9.17, 15) is 8.78 Å². The van der Waals surface area contributed by atoms with Crippen molar-refractivity contribution in [3.63, 3.8) is 0 Å². The SMILES string of the molecule is CCCNCC1CCCC1Cc1ccc(F)c(F)c1. The molecule has 2 rings (SSSR count). The third-order valence-electron chi connectivity index (χ3n) is 4.13. The zero-order valence-corrected chi connectivity index (χ0v) is 11.6. The molecule has 1 saturated carbocycles. The molecule has 1 aromatic rings. The third kappa shape index (κ3) is 4.00. The Morgan fingerprint density at radius 1 is 1.16 bits per heavy atom. The molecular formula is C16H23F2N. The average molecular weight is 267 g/mol. The Balaban J connectivity index is 1.91. The number of rotatable bonds is 6. The van der Waals surface area contributed by atoms with Gasteiger partial charge in [0.2, 0.25) is 0 Å². The van der Waals surface area contributed by atoms with Crippen LogP contribution in [0.1, 0.15) is 38.2 Å². The number of hydrogen-bond acceptors (Lipinski definition) is 1. The molecule has 0 aromatic heterocycles. The van der Waals surface area contributed by atoms with Crippen molar-refractivity contribution in [2.45, 2.75) is 39.0 Å². The molecule has 19 heavy (non-hydrogen) atoms. The molecule has 1 aliphatic carbocycles. The van der Waals surface area contributed by atoms with Gasteiger partial charge >= 0.3 is 0 Å². The van der Waals surface area contributed by atoms with E-state index in [0.29, 0.717) is 11.8 Å². The lowest BCUT2D eigenvalue weighted by molar-refractivity contribution is 0.364. The maximum Gasteiger partial charge on any atom is 0.159 e. The van der Waals surface area contributed by atoms with Gasteiger partial charge in [0.15, 0.2) is 11.6 Å². The van der Waals surface area contributed by atoms with E-state index in [1.807, 2.05) is 0 Å². The van der Waals surface area contributed by atoms with Gasteiger partial charge in [-0.25, -0.2) is 8.78 Å². The van der Waals surface area contributed by atoms with Crippen molar-refractivity contribution in [3.8, 4) is 0 Å². The summed E-state index contributed by atoms with van der Waals surface area (Å²) in [6.07, 6.45) is 5.74. The van der Waals surface area contributed by atoms with Crippen LogP contribution >= 0.6 is 0 Å². The summed E-state index contributed by atoms with van der Waals surface area (Å²) < 4.78 is 26.1. The molecule has 0 saturated heterocycles. The van der Waals surface area contributed by atoms with Crippen LogP contribution in [0.5, 0.6) is 0 Å². The molecule has 0 heterocycles. The standard InChI is InChI=1S/C16H23F2N/c1-2-8-19-11-14-5-3-4-13(14)9-12-6-7-15(17)16(18)10-12/h6-7,10,13-14,19H,2-5,8-9,11H2,1H3. The van der Waals surface area contributed by atoms with Crippen LogP contribution in [0, 0.1) is 23.5 Å². The zero-order valence-electron chi connectivity index (χ0n) is 11.6. The van der Waals surface area contributed by atoms with Gasteiger partial charge in [0.05, 0.1) is 0 Å². The van der Waals surface area contributed by atoms with Crippen molar-refractivity contribution in [1.82, 2.24) is 5.32 Å². The van der Waals surface area contributed by atoms with Crippen LogP contribution in [-0.2, 0) is 6.42 Å². The second kappa shape index (κ2) is 6.99. The van der Waals surface area contributed by atoms with Gasteiger partial charge < -0.3 is 5.32 Å². The first-order valence-electron chi connectivity index (χ1n) is 7.35. The van der Waals surface area contributed by atoms with E-state index in [1.54, 1.807) is 6.07 Å². The Morgan fingerprint density at radius 3 is 2.68 bits per heavy atom. The Labute approximate surface area is 114 Å². The molecule has 1 aliphatic rings. The van der Waals surface area contributed by atoms with Crippen LogP contribution in [0.15, 0.2) is 18.2 Å². The minimum absolute atomic E-state index is 0.606. The molecule has 1 N–H and O–H groups in total. The van der Waals surface area contributed by atoms with E-state index in [2.05, 4.69) is 12.2 Å². The van der Waals surface area contributed by atoms with E-state index < -0.39 is 11.6 Å². The molecule has 0 amide bonds. The Kier molecular flexibility index (Phi) is 5.32. The van der Waals surface area contributed by atoms with E-state index in [4.69, 9.17) is 0 Å². The summed E-state index contributed by atoms with van der Waals surface area (Å²) >= 11 is 0. The summed E-state index contributed by atoms with van der Waals surface area (Å²) in [6.45, 7) is 4.29. The topological polar surface area (TPSA) is 12.0 Å². The summed E-state index contributed by atoms with van der Waals surface area (Å²) in [4.78, 5) is 0. The summed E-state index contributed by atoms with van der Waals surface area (Å²) in [5.74, 6) is -0.193. The number of halogens is 2. The quantitative estimate of drug-likeness (QED) is 0.770. The van der Waals surface area contributed by atoms with Crippen molar-refractivity contribution >= 4 is 0 Å². The van der Waals surface area contributed by atoms with Crippen molar-refractivity contribution in [2.24, 2.45) is 11.8 Å².